The molecule has 4 rings (SSSR count). The topological polar surface area (TPSA) is 87.2 Å². The number of methoxy groups -OCH3 is 1. The van der Waals surface area contributed by atoms with Crippen molar-refractivity contribution in [1.29, 1.82) is 0 Å². The summed E-state index contributed by atoms with van der Waals surface area (Å²) in [6, 6.07) is 12.7. The molecule has 1 saturated carbocycles. The number of aryl methyl sites for hydroxylation is 2. The van der Waals surface area contributed by atoms with Crippen molar-refractivity contribution in [2.24, 2.45) is 5.14 Å². The number of nitrogens with zero attached hydrogens (tertiary/aromatic N) is 2. The van der Waals surface area contributed by atoms with Gasteiger partial charge in [0.25, 0.3) is 0 Å². The lowest BCUT2D eigenvalue weighted by molar-refractivity contribution is 0.419. The summed E-state index contributed by atoms with van der Waals surface area (Å²) in [4.78, 5) is 4.98. The average Bonchev–Trinajstić information content (AvgIpc) is 3.40. The second kappa shape index (κ2) is 6.41. The van der Waals surface area contributed by atoms with Crippen LogP contribution < -0.4 is 9.88 Å². The van der Waals surface area contributed by atoms with Gasteiger partial charge in [-0.25, -0.2) is 18.5 Å². The van der Waals surface area contributed by atoms with E-state index in [1.54, 1.807) is 19.2 Å². The van der Waals surface area contributed by atoms with Crippen molar-refractivity contribution in [3.63, 3.8) is 0 Å². The molecule has 0 bridgehead atoms. The Morgan fingerprint density at radius 2 is 1.92 bits per heavy atom. The smallest absolute Gasteiger partial charge is 0.238 e. The predicted octanol–water partition coefficient (Wildman–Crippen LogP) is 2.81. The lowest BCUT2D eigenvalue weighted by Crippen LogP contribution is -2.12. The van der Waals surface area contributed by atoms with Crippen LogP contribution in [-0.4, -0.2) is 25.1 Å². The number of nitrogens with two attached hydrogens (primary N) is 1. The number of para-hydroxylation sites is 1. The summed E-state index contributed by atoms with van der Waals surface area (Å²) in [5.41, 5.74) is 3.04. The number of aromatic nitrogens is 2. The second-order valence-electron chi connectivity index (χ2n) is 6.66. The molecular formula is C19H21N3O3S. The summed E-state index contributed by atoms with van der Waals surface area (Å²) >= 11 is 0. The Balaban J connectivity index is 1.63. The van der Waals surface area contributed by atoms with Crippen molar-refractivity contribution in [3.05, 3.63) is 53.9 Å². The van der Waals surface area contributed by atoms with E-state index < -0.39 is 10.0 Å². The van der Waals surface area contributed by atoms with Crippen molar-refractivity contribution >= 4 is 21.1 Å². The molecule has 7 heteroatoms. The zero-order valence-electron chi connectivity index (χ0n) is 14.6. The van der Waals surface area contributed by atoms with Crippen LogP contribution in [0.1, 0.15) is 30.1 Å². The molecule has 0 saturated heterocycles. The molecule has 3 aromatic rings. The molecule has 0 spiro atoms. The number of hydrogen-bond donors (Lipinski definition) is 1. The summed E-state index contributed by atoms with van der Waals surface area (Å²) < 4.78 is 30.5. The van der Waals surface area contributed by atoms with Gasteiger partial charge in [-0.2, -0.15) is 0 Å². The number of fused-ring (bicyclic) bond motifs is 1. The van der Waals surface area contributed by atoms with E-state index in [9.17, 15) is 8.42 Å². The Hall–Kier alpha value is -2.38. The van der Waals surface area contributed by atoms with Crippen LogP contribution in [0, 0.1) is 0 Å². The fraction of sp³-hybridized carbons (Fsp3) is 0.316. The Kier molecular flexibility index (Phi) is 4.20. The third-order valence-electron chi connectivity index (χ3n) is 4.81. The molecular weight excluding hydrogens is 350 g/mol. The number of ether oxygens (including phenoxy) is 1. The van der Waals surface area contributed by atoms with E-state index >= 15 is 0 Å². The van der Waals surface area contributed by atoms with Crippen molar-refractivity contribution < 1.29 is 13.2 Å². The van der Waals surface area contributed by atoms with E-state index in [0.717, 1.165) is 41.1 Å². The molecule has 0 unspecified atom stereocenters. The van der Waals surface area contributed by atoms with E-state index in [2.05, 4.69) is 10.6 Å². The standard InChI is InChI=1S/C19H21N3O3S/c1-25-17-4-2-3-16-18(17)21-19(14-7-8-14)22(16)12-11-13-5-9-15(10-6-13)26(20,23)24/h2-6,9-10,14H,7-8,11-12H2,1H3,(H2,20,23,24). The summed E-state index contributed by atoms with van der Waals surface area (Å²) in [5.74, 6) is 2.43. The number of primary sulfonamides is 1. The van der Waals surface area contributed by atoms with E-state index in [1.165, 1.54) is 12.8 Å². The van der Waals surface area contributed by atoms with Crippen LogP contribution in [0.2, 0.25) is 0 Å². The van der Waals surface area contributed by atoms with E-state index in [4.69, 9.17) is 14.9 Å². The largest absolute Gasteiger partial charge is 0.494 e. The number of rotatable bonds is 6. The Bertz CT molecular complexity index is 1050. The highest BCUT2D eigenvalue weighted by molar-refractivity contribution is 7.89. The maximum atomic E-state index is 11.4. The van der Waals surface area contributed by atoms with E-state index in [-0.39, 0.29) is 4.90 Å². The zero-order valence-corrected chi connectivity index (χ0v) is 15.4. The van der Waals surface area contributed by atoms with E-state index in [0.29, 0.717) is 5.92 Å². The molecule has 2 aromatic carbocycles. The second-order valence-corrected chi connectivity index (χ2v) is 8.22. The quantitative estimate of drug-likeness (QED) is 0.722. The first-order valence-corrected chi connectivity index (χ1v) is 10.2. The highest BCUT2D eigenvalue weighted by Crippen LogP contribution is 2.41. The lowest BCUT2D eigenvalue weighted by Gasteiger charge is -2.09. The van der Waals surface area contributed by atoms with Crippen LogP contribution in [0.25, 0.3) is 11.0 Å². The molecule has 136 valence electrons. The molecule has 2 N–H and O–H groups in total. The fourth-order valence-electron chi connectivity index (χ4n) is 3.28. The highest BCUT2D eigenvalue weighted by Gasteiger charge is 2.30. The van der Waals surface area contributed by atoms with Crippen LogP contribution in [0.15, 0.2) is 47.4 Å². The van der Waals surface area contributed by atoms with Crippen molar-refractivity contribution in [2.45, 2.75) is 36.6 Å². The van der Waals surface area contributed by atoms with Gasteiger partial charge in [-0.15, -0.1) is 0 Å². The van der Waals surface area contributed by atoms with Crippen molar-refractivity contribution in [2.75, 3.05) is 7.11 Å². The molecule has 0 atom stereocenters. The Morgan fingerprint density at radius 1 is 1.19 bits per heavy atom. The number of sulfonamides is 1. The van der Waals surface area contributed by atoms with Gasteiger partial charge in [-0.05, 0) is 49.1 Å². The van der Waals surface area contributed by atoms with Crippen LogP contribution >= 0.6 is 0 Å². The highest BCUT2D eigenvalue weighted by atomic mass is 32.2. The first-order chi connectivity index (χ1) is 12.5. The van der Waals surface area contributed by atoms with Gasteiger partial charge in [0.2, 0.25) is 10.0 Å². The normalized spacial score (nSPS) is 14.7. The van der Waals surface area contributed by atoms with Gasteiger partial charge in [-0.1, -0.05) is 18.2 Å². The van der Waals surface area contributed by atoms with Gasteiger partial charge in [0, 0.05) is 12.5 Å². The monoisotopic (exact) mass is 371 g/mol. The van der Waals surface area contributed by atoms with Gasteiger partial charge in [-0.3, -0.25) is 0 Å². The van der Waals surface area contributed by atoms with Gasteiger partial charge >= 0.3 is 0 Å². The fourth-order valence-corrected chi connectivity index (χ4v) is 3.79. The minimum absolute atomic E-state index is 0.137. The molecule has 0 amide bonds. The van der Waals surface area contributed by atoms with Crippen molar-refractivity contribution in [3.8, 4) is 5.75 Å². The molecule has 0 radical (unpaired) electrons. The van der Waals surface area contributed by atoms with E-state index in [1.807, 2.05) is 24.3 Å². The first-order valence-electron chi connectivity index (χ1n) is 8.62. The maximum Gasteiger partial charge on any atom is 0.238 e. The lowest BCUT2D eigenvalue weighted by atomic mass is 10.1. The number of hydrogen-bond acceptors (Lipinski definition) is 4. The summed E-state index contributed by atoms with van der Waals surface area (Å²) in [7, 11) is -1.99. The molecule has 1 aliphatic rings. The average molecular weight is 371 g/mol. The van der Waals surface area contributed by atoms with Crippen LogP contribution in [0.4, 0.5) is 0 Å². The zero-order chi connectivity index (χ0) is 18.3. The number of imidazole rings is 1. The third kappa shape index (κ3) is 3.20. The molecule has 1 heterocycles. The van der Waals surface area contributed by atoms with Crippen molar-refractivity contribution in [1.82, 2.24) is 9.55 Å². The summed E-state index contributed by atoms with van der Waals surface area (Å²) in [6.45, 7) is 0.782. The molecule has 1 aromatic heterocycles. The predicted molar refractivity (Wildman–Crippen MR) is 99.8 cm³/mol. The van der Waals surface area contributed by atoms with Crippen LogP contribution in [-0.2, 0) is 23.0 Å². The summed E-state index contributed by atoms with van der Waals surface area (Å²) in [5, 5.41) is 5.16. The van der Waals surface area contributed by atoms with Crippen LogP contribution in [0.5, 0.6) is 5.75 Å². The van der Waals surface area contributed by atoms with Crippen LogP contribution in [0.3, 0.4) is 0 Å². The minimum atomic E-state index is -3.65. The van der Waals surface area contributed by atoms with Gasteiger partial charge in [0.05, 0.1) is 17.5 Å². The third-order valence-corrected chi connectivity index (χ3v) is 5.74. The van der Waals surface area contributed by atoms with Gasteiger partial charge < -0.3 is 9.30 Å². The molecule has 6 nitrogen and oxygen atoms in total. The van der Waals surface area contributed by atoms with Gasteiger partial charge in [0.15, 0.2) is 0 Å². The molecule has 0 aliphatic heterocycles. The van der Waals surface area contributed by atoms with Gasteiger partial charge in [0.1, 0.15) is 17.1 Å². The molecule has 1 fully saturated rings. The minimum Gasteiger partial charge on any atom is -0.494 e. The summed E-state index contributed by atoms with van der Waals surface area (Å²) in [6.07, 6.45) is 3.14. The SMILES string of the molecule is COc1cccc2c1nc(C1CC1)n2CCc1ccc(S(N)(=O)=O)cc1. The first kappa shape index (κ1) is 17.1. The molecule has 26 heavy (non-hydrogen) atoms. The Labute approximate surface area is 152 Å². The maximum absolute atomic E-state index is 11.4. The Morgan fingerprint density at radius 3 is 2.54 bits per heavy atom. The number of benzene rings is 2. The molecule has 1 aliphatic carbocycles.